The summed E-state index contributed by atoms with van der Waals surface area (Å²) in [6.07, 6.45) is 56.8. The van der Waals surface area contributed by atoms with Crippen LogP contribution in [0.15, 0.2) is 48.6 Å². The molecular formula is C45H83NO2. The van der Waals surface area contributed by atoms with Crippen LogP contribution in [0, 0.1) is 0 Å². The van der Waals surface area contributed by atoms with Crippen molar-refractivity contribution < 1.29 is 9.47 Å². The summed E-state index contributed by atoms with van der Waals surface area (Å²) >= 11 is 0. The molecule has 2 atom stereocenters. The maximum atomic E-state index is 6.67. The zero-order chi connectivity index (χ0) is 34.8. The number of unbranched alkanes of at least 4 members (excludes halogenated alkanes) is 18. The molecular weight excluding hydrogens is 587 g/mol. The van der Waals surface area contributed by atoms with E-state index < -0.39 is 0 Å². The topological polar surface area (TPSA) is 21.7 Å². The van der Waals surface area contributed by atoms with Gasteiger partial charge >= 0.3 is 0 Å². The van der Waals surface area contributed by atoms with E-state index in [1.807, 2.05) is 26.0 Å². The van der Waals surface area contributed by atoms with Crippen LogP contribution >= 0.6 is 0 Å². The van der Waals surface area contributed by atoms with Crippen LogP contribution in [-0.4, -0.2) is 44.0 Å². The molecule has 3 nitrogen and oxygen atoms in total. The first-order valence-electron chi connectivity index (χ1n) is 21.1. The molecule has 0 bridgehead atoms. The maximum absolute atomic E-state index is 6.67. The second kappa shape index (κ2) is 33.0. The zero-order valence-electron chi connectivity index (χ0n) is 33.0. The second-order valence-electron chi connectivity index (χ2n) is 15.2. The lowest BCUT2D eigenvalue weighted by Gasteiger charge is -2.29. The van der Waals surface area contributed by atoms with Gasteiger partial charge in [-0.15, -0.1) is 0 Å². The average molecular weight is 670 g/mol. The van der Waals surface area contributed by atoms with Gasteiger partial charge in [-0.3, -0.25) is 0 Å². The van der Waals surface area contributed by atoms with E-state index in [2.05, 4.69) is 62.5 Å². The molecule has 2 fully saturated rings. The van der Waals surface area contributed by atoms with E-state index >= 15 is 0 Å². The minimum absolute atomic E-state index is 0.264. The van der Waals surface area contributed by atoms with Gasteiger partial charge in [0.05, 0.1) is 12.2 Å². The van der Waals surface area contributed by atoms with Gasteiger partial charge < -0.3 is 14.4 Å². The van der Waals surface area contributed by atoms with Crippen LogP contribution in [-0.2, 0) is 9.47 Å². The number of fused-ring (bicyclic) bond motifs is 1. The monoisotopic (exact) mass is 670 g/mol. The number of allylic oxidation sites excluding steroid dienone is 8. The van der Waals surface area contributed by atoms with E-state index in [0.717, 1.165) is 25.7 Å². The van der Waals surface area contributed by atoms with Gasteiger partial charge in [-0.25, -0.2) is 0 Å². The lowest BCUT2D eigenvalue weighted by molar-refractivity contribution is -0.190. The lowest BCUT2D eigenvalue weighted by atomic mass is 9.98. The molecule has 1 saturated heterocycles. The molecule has 2 unspecified atom stereocenters. The Bertz CT molecular complexity index is 732. The van der Waals surface area contributed by atoms with Crippen molar-refractivity contribution in [1.82, 2.24) is 4.90 Å². The lowest BCUT2D eigenvalue weighted by Crippen LogP contribution is -2.31. The summed E-state index contributed by atoms with van der Waals surface area (Å²) in [5.41, 5.74) is 0. The largest absolute Gasteiger partial charge is 0.344 e. The first-order chi connectivity index (χ1) is 23.5. The van der Waals surface area contributed by atoms with Gasteiger partial charge in [0, 0.05) is 12.8 Å². The SMILES string of the molecule is CCCCC/C=C\C/C=C\CCCCCCCCC1(CCCCCCCC/C=C\C/C=C\CCCCC)OC2CCCC2O1.CN(C)C. The maximum Gasteiger partial charge on any atom is 0.169 e. The molecule has 1 saturated carbocycles. The van der Waals surface area contributed by atoms with Gasteiger partial charge in [0.25, 0.3) is 0 Å². The average Bonchev–Trinajstić information content (AvgIpc) is 3.64. The smallest absolute Gasteiger partial charge is 0.169 e. The fraction of sp³-hybridized carbons (Fsp3) is 0.822. The van der Waals surface area contributed by atoms with E-state index in [-0.39, 0.29) is 5.79 Å². The molecule has 1 heterocycles. The Labute approximate surface area is 301 Å². The Morgan fingerprint density at radius 2 is 0.771 bits per heavy atom. The van der Waals surface area contributed by atoms with Gasteiger partial charge in [0.1, 0.15) is 0 Å². The van der Waals surface area contributed by atoms with Crippen LogP contribution in [0.3, 0.4) is 0 Å². The molecule has 0 radical (unpaired) electrons. The predicted octanol–water partition coefficient (Wildman–Crippen LogP) is 14.2. The molecule has 0 spiro atoms. The first kappa shape index (κ1) is 44.9. The normalized spacial score (nSPS) is 19.0. The van der Waals surface area contributed by atoms with Crippen molar-refractivity contribution in [2.45, 2.75) is 218 Å². The van der Waals surface area contributed by atoms with Crippen LogP contribution in [0.2, 0.25) is 0 Å². The van der Waals surface area contributed by atoms with Crippen LogP contribution in [0.5, 0.6) is 0 Å². The summed E-state index contributed by atoms with van der Waals surface area (Å²) in [6, 6.07) is 0. The number of ether oxygens (including phenoxy) is 2. The Balaban J connectivity index is 0.00000272. The van der Waals surface area contributed by atoms with E-state index in [1.165, 1.54) is 161 Å². The number of rotatable bonds is 30. The Morgan fingerprint density at radius 3 is 1.12 bits per heavy atom. The second-order valence-corrected chi connectivity index (χ2v) is 15.2. The van der Waals surface area contributed by atoms with Gasteiger partial charge in [-0.2, -0.15) is 0 Å². The Hall–Kier alpha value is -1.16. The standard InChI is InChI=1S/C42H74O2.C3H9N/c1-3-5-7-9-11-13-15-17-19-21-23-25-27-29-31-33-38-42(43-40-36-35-37-41(40)44-42)39-34-32-30-28-26-24-22-20-18-16-14-12-10-8-6-4-2;1-4(2)3/h11-14,17-20,40-41H,3-10,15-16,21-39H2,1-2H3;1-3H3/b13-11-,14-12-,19-17-,20-18-;. The molecule has 0 N–H and O–H groups in total. The van der Waals surface area contributed by atoms with Crippen LogP contribution in [0.1, 0.15) is 200 Å². The highest BCUT2D eigenvalue weighted by Crippen LogP contribution is 2.43. The number of nitrogens with zero attached hydrogens (tertiary/aromatic N) is 1. The van der Waals surface area contributed by atoms with Crippen LogP contribution < -0.4 is 0 Å². The van der Waals surface area contributed by atoms with Crippen LogP contribution in [0.25, 0.3) is 0 Å². The van der Waals surface area contributed by atoms with Crippen molar-refractivity contribution in [3.63, 3.8) is 0 Å². The van der Waals surface area contributed by atoms with E-state index in [9.17, 15) is 0 Å². The Morgan fingerprint density at radius 1 is 0.458 bits per heavy atom. The molecule has 1 aliphatic carbocycles. The summed E-state index contributed by atoms with van der Waals surface area (Å²) in [5, 5.41) is 0. The molecule has 0 aromatic rings. The van der Waals surface area contributed by atoms with E-state index in [1.54, 1.807) is 0 Å². The molecule has 1 aliphatic heterocycles. The summed E-state index contributed by atoms with van der Waals surface area (Å²) in [7, 11) is 6.00. The fourth-order valence-electron chi connectivity index (χ4n) is 6.87. The molecule has 3 heteroatoms. The minimum Gasteiger partial charge on any atom is -0.344 e. The number of hydrogen-bond donors (Lipinski definition) is 0. The minimum atomic E-state index is -0.264. The predicted molar refractivity (Wildman–Crippen MR) is 214 cm³/mol. The van der Waals surface area contributed by atoms with Crippen molar-refractivity contribution in [2.24, 2.45) is 0 Å². The summed E-state index contributed by atoms with van der Waals surface area (Å²) in [4.78, 5) is 2.00. The molecule has 2 aliphatic rings. The van der Waals surface area contributed by atoms with Gasteiger partial charge in [0.15, 0.2) is 5.79 Å². The van der Waals surface area contributed by atoms with Crippen molar-refractivity contribution in [1.29, 1.82) is 0 Å². The molecule has 2 rings (SSSR count). The third-order valence-corrected chi connectivity index (χ3v) is 9.64. The molecule has 48 heavy (non-hydrogen) atoms. The zero-order valence-corrected chi connectivity index (χ0v) is 33.0. The molecule has 0 aromatic carbocycles. The fourth-order valence-corrected chi connectivity index (χ4v) is 6.87. The van der Waals surface area contributed by atoms with Gasteiger partial charge in [-0.05, 0) is 117 Å². The quantitative estimate of drug-likeness (QED) is 0.0561. The van der Waals surface area contributed by atoms with Crippen molar-refractivity contribution in [3.05, 3.63) is 48.6 Å². The molecule has 280 valence electrons. The van der Waals surface area contributed by atoms with Crippen LogP contribution in [0.4, 0.5) is 0 Å². The van der Waals surface area contributed by atoms with E-state index in [4.69, 9.17) is 9.47 Å². The third-order valence-electron chi connectivity index (χ3n) is 9.64. The van der Waals surface area contributed by atoms with Crippen molar-refractivity contribution in [2.75, 3.05) is 21.1 Å². The Kier molecular flexibility index (Phi) is 30.9. The number of hydrogen-bond acceptors (Lipinski definition) is 3. The van der Waals surface area contributed by atoms with E-state index in [0.29, 0.717) is 12.2 Å². The van der Waals surface area contributed by atoms with Crippen molar-refractivity contribution >= 4 is 0 Å². The van der Waals surface area contributed by atoms with Gasteiger partial charge in [-0.1, -0.05) is 140 Å². The van der Waals surface area contributed by atoms with Crippen molar-refractivity contribution in [3.8, 4) is 0 Å². The molecule has 0 aromatic heterocycles. The highest BCUT2D eigenvalue weighted by molar-refractivity contribution is 4.94. The molecule has 0 amide bonds. The highest BCUT2D eigenvalue weighted by Gasteiger charge is 2.48. The van der Waals surface area contributed by atoms with Gasteiger partial charge in [0.2, 0.25) is 0 Å². The first-order valence-corrected chi connectivity index (χ1v) is 21.1. The highest BCUT2D eigenvalue weighted by atomic mass is 16.8. The summed E-state index contributed by atoms with van der Waals surface area (Å²) in [5.74, 6) is -0.264. The summed E-state index contributed by atoms with van der Waals surface area (Å²) < 4.78 is 13.3. The summed E-state index contributed by atoms with van der Waals surface area (Å²) in [6.45, 7) is 4.54. The third kappa shape index (κ3) is 26.7.